The Morgan fingerprint density at radius 3 is 2.52 bits per heavy atom. The van der Waals surface area contributed by atoms with Crippen molar-refractivity contribution in [3.8, 4) is 0 Å². The van der Waals surface area contributed by atoms with Crippen LogP contribution in [0.25, 0.3) is 0 Å². The second kappa shape index (κ2) is 7.94. The zero-order valence-electron chi connectivity index (χ0n) is 13.8. The van der Waals surface area contributed by atoms with Gasteiger partial charge in [0.05, 0.1) is 17.4 Å². The molecule has 3 rings (SSSR count). The number of anilines is 3. The summed E-state index contributed by atoms with van der Waals surface area (Å²) in [6.07, 6.45) is 2.59. The molecule has 0 unspecified atom stereocenters. The maximum atomic E-state index is 12.3. The van der Waals surface area contributed by atoms with Crippen LogP contribution in [0.3, 0.4) is 0 Å². The third-order valence-electron chi connectivity index (χ3n) is 3.80. The highest BCUT2D eigenvalue weighted by Gasteiger charge is 2.09. The zero-order chi connectivity index (χ0) is 17.6. The maximum absolute atomic E-state index is 12.3. The van der Waals surface area contributed by atoms with Crippen LogP contribution >= 0.6 is 15.9 Å². The van der Waals surface area contributed by atoms with E-state index >= 15 is 0 Å². The topological polar surface area (TPSA) is 54.0 Å². The number of nitrogens with one attached hydrogen (secondary N) is 2. The van der Waals surface area contributed by atoms with Gasteiger partial charge in [0.15, 0.2) is 0 Å². The van der Waals surface area contributed by atoms with Crippen molar-refractivity contribution in [1.82, 2.24) is 4.98 Å². The first kappa shape index (κ1) is 17.2. The first-order valence-electron chi connectivity index (χ1n) is 8.04. The molecule has 126 valence electrons. The van der Waals surface area contributed by atoms with Crippen molar-refractivity contribution < 1.29 is 4.79 Å². The number of rotatable bonds is 5. The fourth-order valence-electron chi connectivity index (χ4n) is 2.47. The molecule has 0 fully saturated rings. The van der Waals surface area contributed by atoms with Gasteiger partial charge in [-0.2, -0.15) is 0 Å². The molecule has 0 aliphatic rings. The molecule has 0 aliphatic heterocycles. The van der Waals surface area contributed by atoms with Gasteiger partial charge in [-0.15, -0.1) is 0 Å². The number of benzene rings is 2. The SMILES string of the molecule is CCc1ccccc1Nc1ccc(NC(=O)c2ccccc2Br)cn1. The van der Waals surface area contributed by atoms with Crippen molar-refractivity contribution in [3.63, 3.8) is 0 Å². The van der Waals surface area contributed by atoms with E-state index < -0.39 is 0 Å². The van der Waals surface area contributed by atoms with Crippen molar-refractivity contribution in [1.29, 1.82) is 0 Å². The van der Waals surface area contributed by atoms with Gasteiger partial charge in [-0.05, 0) is 58.2 Å². The molecule has 0 atom stereocenters. The number of nitrogens with zero attached hydrogens (tertiary/aromatic N) is 1. The summed E-state index contributed by atoms with van der Waals surface area (Å²) in [5, 5.41) is 6.17. The predicted octanol–water partition coefficient (Wildman–Crippen LogP) is 5.40. The van der Waals surface area contributed by atoms with Gasteiger partial charge in [0.1, 0.15) is 5.82 Å². The van der Waals surface area contributed by atoms with Crippen molar-refractivity contribution in [2.45, 2.75) is 13.3 Å². The minimum atomic E-state index is -0.175. The highest BCUT2D eigenvalue weighted by molar-refractivity contribution is 9.10. The lowest BCUT2D eigenvalue weighted by molar-refractivity contribution is 0.102. The van der Waals surface area contributed by atoms with E-state index in [0.29, 0.717) is 11.3 Å². The summed E-state index contributed by atoms with van der Waals surface area (Å²) in [5.41, 5.74) is 3.51. The molecule has 0 radical (unpaired) electrons. The molecular weight excluding hydrogens is 378 g/mol. The molecule has 0 spiro atoms. The first-order chi connectivity index (χ1) is 12.2. The molecule has 2 aromatic carbocycles. The van der Waals surface area contributed by atoms with Gasteiger partial charge in [-0.1, -0.05) is 37.3 Å². The molecule has 1 heterocycles. The van der Waals surface area contributed by atoms with Crippen LogP contribution in [0.15, 0.2) is 71.3 Å². The molecule has 25 heavy (non-hydrogen) atoms. The highest BCUT2D eigenvalue weighted by Crippen LogP contribution is 2.21. The average molecular weight is 396 g/mol. The summed E-state index contributed by atoms with van der Waals surface area (Å²) in [4.78, 5) is 16.7. The summed E-state index contributed by atoms with van der Waals surface area (Å²) in [6.45, 7) is 2.12. The van der Waals surface area contributed by atoms with E-state index in [-0.39, 0.29) is 5.91 Å². The van der Waals surface area contributed by atoms with Gasteiger partial charge >= 0.3 is 0 Å². The highest BCUT2D eigenvalue weighted by atomic mass is 79.9. The third kappa shape index (κ3) is 4.25. The first-order valence-corrected chi connectivity index (χ1v) is 8.83. The Kier molecular flexibility index (Phi) is 5.46. The van der Waals surface area contributed by atoms with Crippen molar-refractivity contribution in [2.24, 2.45) is 0 Å². The maximum Gasteiger partial charge on any atom is 0.256 e. The van der Waals surface area contributed by atoms with E-state index in [9.17, 15) is 4.79 Å². The van der Waals surface area contributed by atoms with E-state index in [1.54, 1.807) is 12.3 Å². The van der Waals surface area contributed by atoms with Gasteiger partial charge in [-0.25, -0.2) is 4.98 Å². The molecule has 4 nitrogen and oxygen atoms in total. The number of para-hydroxylation sites is 1. The second-order valence-corrected chi connectivity index (χ2v) is 6.36. The fraction of sp³-hybridized carbons (Fsp3) is 0.100. The van der Waals surface area contributed by atoms with Crippen molar-refractivity contribution >= 4 is 39.0 Å². The number of pyridine rings is 1. The normalized spacial score (nSPS) is 10.3. The van der Waals surface area contributed by atoms with Crippen LogP contribution in [0.4, 0.5) is 17.2 Å². The smallest absolute Gasteiger partial charge is 0.256 e. The largest absolute Gasteiger partial charge is 0.340 e. The lowest BCUT2D eigenvalue weighted by Crippen LogP contribution is -2.12. The summed E-state index contributed by atoms with van der Waals surface area (Å²) in [6, 6.07) is 19.1. The van der Waals surface area contributed by atoms with E-state index in [1.165, 1.54) is 5.56 Å². The summed E-state index contributed by atoms with van der Waals surface area (Å²) in [5.74, 6) is 0.561. The Bertz CT molecular complexity index is 878. The van der Waals surface area contributed by atoms with E-state index in [2.05, 4.69) is 44.5 Å². The Hall–Kier alpha value is -2.66. The number of hydrogen-bond acceptors (Lipinski definition) is 3. The molecule has 2 N–H and O–H groups in total. The van der Waals surface area contributed by atoms with Gasteiger partial charge < -0.3 is 10.6 Å². The molecule has 0 aliphatic carbocycles. The molecule has 1 aromatic heterocycles. The van der Waals surface area contributed by atoms with Crippen LogP contribution < -0.4 is 10.6 Å². The fourth-order valence-corrected chi connectivity index (χ4v) is 2.94. The van der Waals surface area contributed by atoms with E-state index in [4.69, 9.17) is 0 Å². The number of hydrogen-bond donors (Lipinski definition) is 2. The quantitative estimate of drug-likeness (QED) is 0.607. The molecule has 0 bridgehead atoms. The summed E-state index contributed by atoms with van der Waals surface area (Å²) >= 11 is 3.39. The van der Waals surface area contributed by atoms with Gasteiger partial charge in [-0.3, -0.25) is 4.79 Å². The average Bonchev–Trinajstić information content (AvgIpc) is 2.64. The standard InChI is InChI=1S/C20H18BrN3O/c1-2-14-7-3-6-10-18(14)24-19-12-11-15(13-22-19)23-20(25)16-8-4-5-9-17(16)21/h3-13H,2H2,1H3,(H,22,24)(H,23,25). The van der Waals surface area contributed by atoms with Gasteiger partial charge in [0.2, 0.25) is 0 Å². The predicted molar refractivity (Wildman–Crippen MR) is 105 cm³/mol. The molecule has 3 aromatic rings. The molecular formula is C20H18BrN3O. The van der Waals surface area contributed by atoms with Gasteiger partial charge in [0.25, 0.3) is 5.91 Å². The Labute approximate surface area is 155 Å². The monoisotopic (exact) mass is 395 g/mol. The number of carbonyl (C=O) groups is 1. The van der Waals surface area contributed by atoms with Crippen LogP contribution in [0.5, 0.6) is 0 Å². The molecule has 5 heteroatoms. The number of aromatic nitrogens is 1. The molecule has 0 saturated carbocycles. The van der Waals surface area contributed by atoms with E-state index in [1.807, 2.05) is 48.5 Å². The van der Waals surface area contributed by atoms with Gasteiger partial charge in [0, 0.05) is 10.2 Å². The van der Waals surface area contributed by atoms with Crippen molar-refractivity contribution in [2.75, 3.05) is 10.6 Å². The lowest BCUT2D eigenvalue weighted by Gasteiger charge is -2.11. The Morgan fingerprint density at radius 1 is 1.04 bits per heavy atom. The Morgan fingerprint density at radius 2 is 1.80 bits per heavy atom. The van der Waals surface area contributed by atoms with Crippen molar-refractivity contribution in [3.05, 3.63) is 82.5 Å². The van der Waals surface area contributed by atoms with Crippen LogP contribution in [-0.2, 0) is 6.42 Å². The second-order valence-electron chi connectivity index (χ2n) is 5.50. The zero-order valence-corrected chi connectivity index (χ0v) is 15.4. The number of carbonyl (C=O) groups excluding carboxylic acids is 1. The van der Waals surface area contributed by atoms with Crippen LogP contribution in [0.2, 0.25) is 0 Å². The lowest BCUT2D eigenvalue weighted by atomic mass is 10.1. The molecule has 0 saturated heterocycles. The Balaban J connectivity index is 1.70. The number of halogens is 1. The van der Waals surface area contributed by atoms with Crippen LogP contribution in [0.1, 0.15) is 22.8 Å². The van der Waals surface area contributed by atoms with Crippen LogP contribution in [0, 0.1) is 0 Å². The summed E-state index contributed by atoms with van der Waals surface area (Å²) < 4.78 is 0.759. The third-order valence-corrected chi connectivity index (χ3v) is 4.49. The number of amides is 1. The van der Waals surface area contributed by atoms with E-state index in [0.717, 1.165) is 22.4 Å². The minimum absolute atomic E-state index is 0.175. The molecule has 1 amide bonds. The minimum Gasteiger partial charge on any atom is -0.340 e. The summed E-state index contributed by atoms with van der Waals surface area (Å²) in [7, 11) is 0. The number of aryl methyl sites for hydroxylation is 1. The van der Waals surface area contributed by atoms with Crippen LogP contribution in [-0.4, -0.2) is 10.9 Å².